The second-order valence-electron chi connectivity index (χ2n) is 1.21. The molecule has 0 aromatic heterocycles. The van der Waals surface area contributed by atoms with Gasteiger partial charge in [0.25, 0.3) is 0 Å². The lowest BCUT2D eigenvalue weighted by atomic mass is 11.1. The van der Waals surface area contributed by atoms with Crippen molar-refractivity contribution < 1.29 is 8.42 Å². The van der Waals surface area contributed by atoms with Gasteiger partial charge >= 0.3 is 0 Å². The third-order valence-corrected chi connectivity index (χ3v) is 3.26. The molecule has 1 aliphatic heterocycles. The fourth-order valence-corrected chi connectivity index (χ4v) is 1.28. The molecule has 0 saturated carbocycles. The Labute approximate surface area is 55.2 Å². The molecule has 0 unspecified atom stereocenters. The third kappa shape index (κ3) is 0.830. The Kier molecular flexibility index (Phi) is 1.24. The van der Waals surface area contributed by atoms with E-state index in [1.807, 2.05) is 0 Å². The zero-order valence-electron chi connectivity index (χ0n) is 3.70. The van der Waals surface area contributed by atoms with Crippen molar-refractivity contribution in [2.75, 3.05) is 0 Å². The summed E-state index contributed by atoms with van der Waals surface area (Å²) in [5.41, 5.74) is 0. The number of halogens is 1. The molecule has 0 bridgehead atoms. The van der Waals surface area contributed by atoms with Crippen LogP contribution < -0.4 is 0 Å². The highest BCUT2D eigenvalue weighted by Gasteiger charge is 2.15. The topological polar surface area (TPSA) is 46.5 Å². The van der Waals surface area contributed by atoms with Gasteiger partial charge in [-0.2, -0.15) is 0 Å². The predicted octanol–water partition coefficient (Wildman–Crippen LogP) is 0.637. The number of sulfone groups is 1. The molecule has 1 aliphatic rings. The molecule has 1 heterocycles. The van der Waals surface area contributed by atoms with E-state index >= 15 is 0 Å². The van der Waals surface area contributed by atoms with E-state index in [1.165, 1.54) is 6.20 Å². The summed E-state index contributed by atoms with van der Waals surface area (Å²) in [6.45, 7) is 0. The summed E-state index contributed by atoms with van der Waals surface area (Å²) < 4.78 is 21.0. The van der Waals surface area contributed by atoms with Gasteiger partial charge in [-0.05, 0) is 15.9 Å². The Balaban J connectivity index is 3.26. The van der Waals surface area contributed by atoms with Crippen LogP contribution in [-0.2, 0) is 9.84 Å². The predicted molar refractivity (Wildman–Crippen MR) is 34.4 cm³/mol. The highest BCUT2D eigenvalue weighted by molar-refractivity contribution is 9.21. The standard InChI is InChI=1S/C3H2BrNO2S/c4-3-5-1-2-8(3,6)7/h1-2H. The summed E-state index contributed by atoms with van der Waals surface area (Å²) >= 11 is 2.76. The number of nitrogens with zero attached hydrogens (tertiary/aromatic N) is 1. The Bertz CT molecular complexity index is 250. The van der Waals surface area contributed by atoms with Crippen molar-refractivity contribution in [2.45, 2.75) is 0 Å². The molecule has 1 rings (SSSR count). The van der Waals surface area contributed by atoms with Crippen LogP contribution in [0.3, 0.4) is 0 Å². The quantitative estimate of drug-likeness (QED) is 0.570. The zero-order valence-corrected chi connectivity index (χ0v) is 6.11. The van der Waals surface area contributed by atoms with Crippen LogP contribution in [-0.4, -0.2) is 12.4 Å². The van der Waals surface area contributed by atoms with Crippen LogP contribution in [0.1, 0.15) is 0 Å². The van der Waals surface area contributed by atoms with Gasteiger partial charge in [-0.1, -0.05) is 0 Å². The fraction of sp³-hybridized carbons (Fsp3) is 0. The van der Waals surface area contributed by atoms with Crippen LogP contribution in [0.2, 0.25) is 0 Å². The van der Waals surface area contributed by atoms with E-state index in [9.17, 15) is 8.42 Å². The Morgan fingerprint density at radius 1 is 1.62 bits per heavy atom. The molecular weight excluding hydrogens is 194 g/mol. The van der Waals surface area contributed by atoms with Crippen molar-refractivity contribution in [2.24, 2.45) is 4.99 Å². The minimum Gasteiger partial charge on any atom is -0.237 e. The molecule has 0 radical (unpaired) electrons. The van der Waals surface area contributed by atoms with Gasteiger partial charge in [0.1, 0.15) is 0 Å². The highest BCUT2D eigenvalue weighted by Crippen LogP contribution is 2.10. The summed E-state index contributed by atoms with van der Waals surface area (Å²) in [6, 6.07) is 0. The molecular formula is C3H2BrNO2S. The number of hydrogen-bond acceptors (Lipinski definition) is 3. The fourth-order valence-electron chi connectivity index (χ4n) is 0.299. The highest BCUT2D eigenvalue weighted by atomic mass is 79.9. The van der Waals surface area contributed by atoms with Crippen LogP contribution in [0.25, 0.3) is 0 Å². The zero-order chi connectivity index (χ0) is 6.20. The minimum absolute atomic E-state index is 0.00926. The molecule has 0 saturated heterocycles. The van der Waals surface area contributed by atoms with Gasteiger partial charge in [0.05, 0.1) is 5.41 Å². The van der Waals surface area contributed by atoms with Crippen LogP contribution in [0.5, 0.6) is 0 Å². The monoisotopic (exact) mass is 195 g/mol. The second-order valence-corrected chi connectivity index (χ2v) is 4.24. The average Bonchev–Trinajstić information content (AvgIpc) is 1.86. The lowest BCUT2D eigenvalue weighted by Gasteiger charge is -1.81. The Morgan fingerprint density at radius 3 is 2.38 bits per heavy atom. The van der Waals surface area contributed by atoms with Crippen molar-refractivity contribution in [3.8, 4) is 0 Å². The maximum Gasteiger partial charge on any atom is 0.225 e. The molecule has 0 N–H and O–H groups in total. The summed E-state index contributed by atoms with van der Waals surface area (Å²) in [5, 5.41) is 1.04. The molecule has 0 aromatic rings. The molecule has 3 nitrogen and oxygen atoms in total. The summed E-state index contributed by atoms with van der Waals surface area (Å²) in [5.74, 6) is 0. The maximum atomic E-state index is 10.5. The van der Waals surface area contributed by atoms with E-state index in [-0.39, 0.29) is 3.95 Å². The number of aliphatic imine (C=N–C) groups is 1. The summed E-state index contributed by atoms with van der Waals surface area (Å²) in [7, 11) is -3.14. The third-order valence-electron chi connectivity index (χ3n) is 0.651. The SMILES string of the molecule is O=S1(=O)C=CN=C1Br. The normalized spacial score (nSPS) is 23.4. The number of hydrogen-bond donors (Lipinski definition) is 0. The first-order valence-electron chi connectivity index (χ1n) is 1.78. The van der Waals surface area contributed by atoms with Crippen molar-refractivity contribution in [1.82, 2.24) is 0 Å². The largest absolute Gasteiger partial charge is 0.237 e. The van der Waals surface area contributed by atoms with E-state index < -0.39 is 9.84 Å². The van der Waals surface area contributed by atoms with Crippen molar-refractivity contribution >= 4 is 29.7 Å². The van der Waals surface area contributed by atoms with E-state index in [0.29, 0.717) is 0 Å². The molecule has 0 spiro atoms. The smallest absolute Gasteiger partial charge is 0.225 e. The van der Waals surface area contributed by atoms with Crippen molar-refractivity contribution in [1.29, 1.82) is 0 Å². The van der Waals surface area contributed by atoms with Crippen LogP contribution in [0, 0.1) is 0 Å². The first-order chi connectivity index (χ1) is 3.63. The van der Waals surface area contributed by atoms with E-state index in [1.54, 1.807) is 0 Å². The lowest BCUT2D eigenvalue weighted by Crippen LogP contribution is -1.98. The van der Waals surface area contributed by atoms with E-state index in [0.717, 1.165) is 5.41 Å². The van der Waals surface area contributed by atoms with Gasteiger partial charge in [0.15, 0.2) is 0 Å². The van der Waals surface area contributed by atoms with Crippen molar-refractivity contribution in [3.63, 3.8) is 0 Å². The first-order valence-corrected chi connectivity index (χ1v) is 4.12. The molecule has 0 amide bonds. The molecule has 44 valence electrons. The number of rotatable bonds is 0. The summed E-state index contributed by atoms with van der Waals surface area (Å²) in [6.07, 6.45) is 1.24. The van der Waals surface area contributed by atoms with Crippen molar-refractivity contribution in [3.05, 3.63) is 11.6 Å². The van der Waals surface area contributed by atoms with Gasteiger partial charge in [0.2, 0.25) is 13.8 Å². The van der Waals surface area contributed by atoms with E-state index in [2.05, 4.69) is 20.9 Å². The van der Waals surface area contributed by atoms with Gasteiger partial charge in [-0.25, -0.2) is 13.4 Å². The van der Waals surface area contributed by atoms with Crippen LogP contribution in [0.4, 0.5) is 0 Å². The molecule has 0 fully saturated rings. The molecule has 8 heavy (non-hydrogen) atoms. The van der Waals surface area contributed by atoms with Gasteiger partial charge in [-0.15, -0.1) is 0 Å². The van der Waals surface area contributed by atoms with E-state index in [4.69, 9.17) is 0 Å². The lowest BCUT2D eigenvalue weighted by molar-refractivity contribution is 0.616. The Morgan fingerprint density at radius 2 is 2.25 bits per heavy atom. The maximum absolute atomic E-state index is 10.5. The first kappa shape index (κ1) is 5.97. The molecule has 0 aromatic carbocycles. The molecule has 5 heteroatoms. The Hall–Kier alpha value is -0.160. The average molecular weight is 196 g/mol. The van der Waals surface area contributed by atoms with Crippen LogP contribution >= 0.6 is 15.9 Å². The molecule has 0 atom stereocenters. The van der Waals surface area contributed by atoms with Gasteiger partial charge < -0.3 is 0 Å². The van der Waals surface area contributed by atoms with Gasteiger partial charge in [0, 0.05) is 6.20 Å². The van der Waals surface area contributed by atoms with Gasteiger partial charge in [-0.3, -0.25) is 0 Å². The molecule has 0 aliphatic carbocycles. The second kappa shape index (κ2) is 1.66. The minimum atomic E-state index is -3.14. The van der Waals surface area contributed by atoms with Crippen LogP contribution in [0.15, 0.2) is 16.6 Å². The summed E-state index contributed by atoms with van der Waals surface area (Å²) in [4.78, 5) is 3.45.